The molecule has 6 nitrogen and oxygen atoms in total. The third-order valence-corrected chi connectivity index (χ3v) is 10.4. The van der Waals surface area contributed by atoms with Gasteiger partial charge in [-0.15, -0.1) is 23.1 Å². The maximum absolute atomic E-state index is 13.4. The number of hydrogen-bond donors (Lipinski definition) is 0. The summed E-state index contributed by atoms with van der Waals surface area (Å²) < 4.78 is 64.2. The summed E-state index contributed by atoms with van der Waals surface area (Å²) >= 11 is 3.15. The molecule has 3 aromatic carbocycles. The van der Waals surface area contributed by atoms with Gasteiger partial charge in [-0.05, 0) is 79.9 Å². The average Bonchev–Trinajstić information content (AvgIpc) is 3.47. The van der Waals surface area contributed by atoms with E-state index in [2.05, 4.69) is 29.7 Å². The number of rotatable bonds is 12. The molecule has 5 rings (SSSR count). The highest BCUT2D eigenvalue weighted by atomic mass is 32.2. The number of nitrogens with zero attached hydrogens (tertiary/aromatic N) is 3. The van der Waals surface area contributed by atoms with Crippen molar-refractivity contribution in [2.24, 2.45) is 0 Å². The molecule has 1 unspecified atom stereocenters. The summed E-state index contributed by atoms with van der Waals surface area (Å²) in [6.07, 6.45) is -5.14. The number of thioether (sulfide) groups is 1. The van der Waals surface area contributed by atoms with Crippen molar-refractivity contribution in [3.05, 3.63) is 94.2 Å². The number of carbonyl (C=O) groups excluding carboxylic acids is 1. The van der Waals surface area contributed by atoms with Gasteiger partial charge in [-0.2, -0.15) is 13.2 Å². The molecule has 0 radical (unpaired) electrons. The van der Waals surface area contributed by atoms with Gasteiger partial charge in [0, 0.05) is 59.5 Å². The number of carbonyl (C=O) groups is 1. The predicted molar refractivity (Wildman–Crippen MR) is 183 cm³/mol. The van der Waals surface area contributed by atoms with Gasteiger partial charge < -0.3 is 14.4 Å². The van der Waals surface area contributed by atoms with Gasteiger partial charge in [-0.1, -0.05) is 26.0 Å². The lowest BCUT2D eigenvalue weighted by atomic mass is 10.0. The van der Waals surface area contributed by atoms with E-state index in [1.165, 1.54) is 35.6 Å². The summed E-state index contributed by atoms with van der Waals surface area (Å²) in [6, 6.07) is 17.6. The van der Waals surface area contributed by atoms with Crippen LogP contribution in [0, 0.1) is 5.82 Å². The fourth-order valence-electron chi connectivity index (χ4n) is 5.39. The van der Waals surface area contributed by atoms with Crippen LogP contribution < -0.4 is 9.64 Å². The van der Waals surface area contributed by atoms with Crippen LogP contribution in [0.3, 0.4) is 0 Å². The molecule has 1 fully saturated rings. The molecule has 0 amide bonds. The topological polar surface area (TPSA) is 54.9 Å². The smallest absolute Gasteiger partial charge is 0.416 e. The van der Waals surface area contributed by atoms with Crippen LogP contribution in [0.1, 0.15) is 55.3 Å². The highest BCUT2D eigenvalue weighted by Gasteiger charge is 2.30. The lowest BCUT2D eigenvalue weighted by Gasteiger charge is -2.36. The van der Waals surface area contributed by atoms with Crippen molar-refractivity contribution in [2.45, 2.75) is 63.1 Å². The monoisotopic (exact) mass is 701 g/mol. The Balaban J connectivity index is 1.34. The van der Waals surface area contributed by atoms with E-state index in [-0.39, 0.29) is 18.3 Å². The molecule has 4 aromatic rings. The molecule has 256 valence electrons. The Morgan fingerprint density at radius 1 is 0.979 bits per heavy atom. The van der Waals surface area contributed by atoms with Gasteiger partial charge in [0.2, 0.25) is 0 Å². The number of piperazine rings is 1. The van der Waals surface area contributed by atoms with Crippen LogP contribution in [0.4, 0.5) is 23.2 Å². The van der Waals surface area contributed by atoms with Crippen LogP contribution >= 0.6 is 23.1 Å². The molecule has 0 bridgehead atoms. The van der Waals surface area contributed by atoms with Crippen molar-refractivity contribution in [2.75, 3.05) is 37.7 Å². The quantitative estimate of drug-likeness (QED) is 0.0830. The summed E-state index contributed by atoms with van der Waals surface area (Å²) in [7, 11) is 0. The summed E-state index contributed by atoms with van der Waals surface area (Å²) in [4.78, 5) is 23.8. The van der Waals surface area contributed by atoms with Crippen molar-refractivity contribution < 1.29 is 31.8 Å². The molecule has 12 heteroatoms. The van der Waals surface area contributed by atoms with Crippen molar-refractivity contribution in [3.63, 3.8) is 0 Å². The number of esters is 1. The highest BCUT2D eigenvalue weighted by molar-refractivity contribution is 7.98. The number of anilines is 1. The van der Waals surface area contributed by atoms with Gasteiger partial charge in [0.05, 0.1) is 17.9 Å². The van der Waals surface area contributed by atoms with E-state index in [1.54, 1.807) is 37.7 Å². The highest BCUT2D eigenvalue weighted by Crippen LogP contribution is 2.38. The number of ether oxygens (including phenoxy) is 2. The zero-order valence-electron chi connectivity index (χ0n) is 27.4. The van der Waals surface area contributed by atoms with Crippen molar-refractivity contribution in [1.29, 1.82) is 0 Å². The Morgan fingerprint density at radius 3 is 2.29 bits per heavy atom. The Morgan fingerprint density at radius 2 is 1.67 bits per heavy atom. The van der Waals surface area contributed by atoms with Crippen LogP contribution in [0.5, 0.6) is 5.75 Å². The number of alkyl halides is 3. The SMILES string of the molecule is CCOC(=O)C(C)Oc1ccc(SCc2sc(-c3ccc(C(F)(F)F)cc3)nc2CN2CCN(c3ccc(F)cc3)CC2)cc1C(C)C. The van der Waals surface area contributed by atoms with Gasteiger partial charge in [0.1, 0.15) is 16.6 Å². The first-order chi connectivity index (χ1) is 22.9. The largest absolute Gasteiger partial charge is 0.479 e. The molecule has 0 spiro atoms. The molecule has 1 aromatic heterocycles. The number of halogens is 4. The molecule has 0 N–H and O–H groups in total. The van der Waals surface area contributed by atoms with E-state index < -0.39 is 23.8 Å². The van der Waals surface area contributed by atoms with Gasteiger partial charge >= 0.3 is 12.1 Å². The Labute approximate surface area is 287 Å². The minimum atomic E-state index is -4.41. The van der Waals surface area contributed by atoms with E-state index in [0.29, 0.717) is 28.6 Å². The van der Waals surface area contributed by atoms with Crippen molar-refractivity contribution in [1.82, 2.24) is 9.88 Å². The lowest BCUT2D eigenvalue weighted by Crippen LogP contribution is -2.46. The Hall–Kier alpha value is -3.61. The fraction of sp³-hybridized carbons (Fsp3) is 0.389. The minimum Gasteiger partial charge on any atom is -0.479 e. The average molecular weight is 702 g/mol. The van der Waals surface area contributed by atoms with E-state index in [4.69, 9.17) is 14.5 Å². The third-order valence-electron chi connectivity index (χ3n) is 8.07. The van der Waals surface area contributed by atoms with E-state index in [0.717, 1.165) is 65.0 Å². The molecule has 48 heavy (non-hydrogen) atoms. The molecule has 1 atom stereocenters. The maximum Gasteiger partial charge on any atom is 0.416 e. The van der Waals surface area contributed by atoms with Crippen LogP contribution in [0.2, 0.25) is 0 Å². The van der Waals surface area contributed by atoms with Gasteiger partial charge in [0.15, 0.2) is 6.10 Å². The van der Waals surface area contributed by atoms with Gasteiger partial charge in [0.25, 0.3) is 0 Å². The number of hydrogen-bond acceptors (Lipinski definition) is 8. The first-order valence-corrected chi connectivity index (χ1v) is 17.7. The maximum atomic E-state index is 13.4. The van der Waals surface area contributed by atoms with Crippen LogP contribution in [-0.4, -0.2) is 54.7 Å². The summed E-state index contributed by atoms with van der Waals surface area (Å²) in [6.45, 7) is 11.6. The normalized spacial score (nSPS) is 14.7. The molecule has 0 saturated carbocycles. The second-order valence-electron chi connectivity index (χ2n) is 11.9. The second kappa shape index (κ2) is 15.7. The van der Waals surface area contributed by atoms with Crippen LogP contribution in [0.25, 0.3) is 10.6 Å². The number of aromatic nitrogens is 1. The zero-order valence-corrected chi connectivity index (χ0v) is 29.0. The fourth-order valence-corrected chi connectivity index (χ4v) is 7.52. The van der Waals surface area contributed by atoms with E-state index in [1.807, 2.05) is 12.1 Å². The molecule has 2 heterocycles. The summed E-state index contributed by atoms with van der Waals surface area (Å²) in [5, 5.41) is 0.679. The zero-order chi connectivity index (χ0) is 34.4. The Kier molecular flexibility index (Phi) is 11.7. The standard InChI is InChI=1S/C36H39F4N3O3S2/c1-5-45-35(44)24(4)46-32-15-14-29(20-30(32)23(2)3)47-22-33-31(41-34(48-33)25-6-8-26(9-7-25)36(38,39)40)21-42-16-18-43(19-17-42)28-12-10-27(37)11-13-28/h6-15,20,23-24H,5,16-19,21-22H2,1-4H3. The first-order valence-electron chi connectivity index (χ1n) is 15.9. The van der Waals surface area contributed by atoms with E-state index in [9.17, 15) is 22.4 Å². The first kappa shape index (κ1) is 35.7. The lowest BCUT2D eigenvalue weighted by molar-refractivity contribution is -0.150. The molecular formula is C36H39F4N3O3S2. The molecule has 1 saturated heterocycles. The van der Waals surface area contributed by atoms with Gasteiger partial charge in [-0.3, -0.25) is 4.90 Å². The summed E-state index contributed by atoms with van der Waals surface area (Å²) in [5.41, 5.74) is 2.82. The number of thiazole rings is 1. The third kappa shape index (κ3) is 9.09. The van der Waals surface area contributed by atoms with Crippen molar-refractivity contribution in [3.8, 4) is 16.3 Å². The number of benzene rings is 3. The van der Waals surface area contributed by atoms with E-state index >= 15 is 0 Å². The molecule has 0 aliphatic carbocycles. The predicted octanol–water partition coefficient (Wildman–Crippen LogP) is 9.04. The van der Waals surface area contributed by atoms with Crippen molar-refractivity contribution >= 4 is 34.8 Å². The van der Waals surface area contributed by atoms with Crippen LogP contribution in [0.15, 0.2) is 71.6 Å². The molecule has 1 aliphatic heterocycles. The van der Waals surface area contributed by atoms with Gasteiger partial charge in [-0.25, -0.2) is 14.2 Å². The summed E-state index contributed by atoms with van der Waals surface area (Å²) in [5.74, 6) is 0.735. The minimum absolute atomic E-state index is 0.147. The molecular weight excluding hydrogens is 663 g/mol. The Bertz CT molecular complexity index is 1670. The van der Waals surface area contributed by atoms with Crippen LogP contribution in [-0.2, 0) is 28.0 Å². The second-order valence-corrected chi connectivity index (χ2v) is 14.0. The molecule has 1 aliphatic rings.